The molecule has 0 unspecified atom stereocenters. The van der Waals surface area contributed by atoms with E-state index >= 15 is 0 Å². The van der Waals surface area contributed by atoms with Gasteiger partial charge in [0, 0.05) is 42.4 Å². The summed E-state index contributed by atoms with van der Waals surface area (Å²) in [6.07, 6.45) is 2.12. The van der Waals surface area contributed by atoms with Gasteiger partial charge in [-0.15, -0.1) is 0 Å². The normalized spacial score (nSPS) is 17.3. The zero-order chi connectivity index (χ0) is 15.4. The number of nitrogens with zero attached hydrogens (tertiary/aromatic N) is 1. The number of carbonyl (C=O) groups excluding carboxylic acids is 2. The molecule has 1 aliphatic heterocycles. The molecule has 0 radical (unpaired) electrons. The highest BCUT2D eigenvalue weighted by atomic mass is 16.5. The molecule has 2 aliphatic rings. The molecule has 22 heavy (non-hydrogen) atoms. The number of aromatic nitrogens is 2. The van der Waals surface area contributed by atoms with Crippen molar-refractivity contribution >= 4 is 22.5 Å². The minimum atomic E-state index is -0.340. The van der Waals surface area contributed by atoms with Crippen molar-refractivity contribution in [3.8, 4) is 0 Å². The maximum Gasteiger partial charge on any atom is 0.246 e. The van der Waals surface area contributed by atoms with Crippen molar-refractivity contribution in [3.05, 3.63) is 40.0 Å². The maximum atomic E-state index is 12.5. The summed E-state index contributed by atoms with van der Waals surface area (Å²) in [5, 5.41) is 4.29. The fraction of sp³-hybridized carbons (Fsp3) is 0.312. The Labute approximate surface area is 126 Å². The predicted molar refractivity (Wildman–Crippen MR) is 80.0 cm³/mol. The number of fused-ring (bicyclic) bond motifs is 5. The third kappa shape index (κ3) is 1.61. The van der Waals surface area contributed by atoms with E-state index in [4.69, 9.17) is 4.74 Å². The monoisotopic (exact) mass is 297 g/mol. The predicted octanol–water partition coefficient (Wildman–Crippen LogP) is 1.43. The molecule has 3 heterocycles. The van der Waals surface area contributed by atoms with Crippen molar-refractivity contribution in [1.29, 1.82) is 0 Å². The number of H-pyrrole nitrogens is 1. The van der Waals surface area contributed by atoms with E-state index in [0.717, 1.165) is 47.4 Å². The lowest BCUT2D eigenvalue weighted by Gasteiger charge is -2.16. The number of aromatic amines is 1. The van der Waals surface area contributed by atoms with Gasteiger partial charge >= 0.3 is 0 Å². The zero-order valence-corrected chi connectivity index (χ0v) is 12.4. The number of Topliss-reactive ketones (excluding diaryl/α,β-unsaturated/α-hetero) is 1. The largest absolute Gasteiger partial charge is 0.492 e. The third-order valence-electron chi connectivity index (χ3n) is 4.34. The van der Waals surface area contributed by atoms with Gasteiger partial charge in [-0.05, 0) is 12.5 Å². The standard InChI is InChI=1S/C16H15N3O3/c1-7-12-8-6-17-4-3-9(8)19-14(12)13-10(20)5-11(22-2)16(21)15(13)18-7/h5,17,19H,3-4,6H2,1-2H3. The summed E-state index contributed by atoms with van der Waals surface area (Å²) in [7, 11) is 1.38. The van der Waals surface area contributed by atoms with Crippen LogP contribution < -0.4 is 5.32 Å². The molecule has 6 nitrogen and oxygen atoms in total. The second-order valence-electron chi connectivity index (χ2n) is 5.59. The van der Waals surface area contributed by atoms with E-state index in [1.54, 1.807) is 0 Å². The van der Waals surface area contributed by atoms with Crippen LogP contribution in [-0.2, 0) is 17.7 Å². The smallest absolute Gasteiger partial charge is 0.246 e. The average molecular weight is 297 g/mol. The number of nitrogens with one attached hydrogen (secondary N) is 2. The lowest BCUT2D eigenvalue weighted by atomic mass is 9.94. The van der Waals surface area contributed by atoms with Gasteiger partial charge < -0.3 is 15.0 Å². The van der Waals surface area contributed by atoms with Crippen LogP contribution in [-0.4, -0.2) is 35.2 Å². The van der Waals surface area contributed by atoms with E-state index in [1.165, 1.54) is 13.2 Å². The summed E-state index contributed by atoms with van der Waals surface area (Å²) < 4.78 is 4.99. The first-order chi connectivity index (χ1) is 10.6. The summed E-state index contributed by atoms with van der Waals surface area (Å²) in [6, 6.07) is 0. The molecule has 0 aromatic carbocycles. The summed E-state index contributed by atoms with van der Waals surface area (Å²) in [5.41, 5.74) is 4.29. The lowest BCUT2D eigenvalue weighted by molar-refractivity contribution is 0.0912. The van der Waals surface area contributed by atoms with Crippen LogP contribution in [0.2, 0.25) is 0 Å². The first kappa shape index (κ1) is 13.2. The van der Waals surface area contributed by atoms with Gasteiger partial charge in [0.1, 0.15) is 5.69 Å². The van der Waals surface area contributed by atoms with Crippen LogP contribution in [0.1, 0.15) is 37.8 Å². The highest BCUT2D eigenvalue weighted by Gasteiger charge is 2.32. The number of carbonyl (C=O) groups is 2. The lowest BCUT2D eigenvalue weighted by Crippen LogP contribution is -2.23. The summed E-state index contributed by atoms with van der Waals surface area (Å²) >= 11 is 0. The van der Waals surface area contributed by atoms with Crippen molar-refractivity contribution in [2.75, 3.05) is 13.7 Å². The molecule has 0 spiro atoms. The Hall–Kier alpha value is -2.47. The number of aryl methyl sites for hydroxylation is 1. The van der Waals surface area contributed by atoms with Crippen molar-refractivity contribution in [2.45, 2.75) is 19.9 Å². The summed E-state index contributed by atoms with van der Waals surface area (Å²) in [4.78, 5) is 32.6. The molecular weight excluding hydrogens is 282 g/mol. The first-order valence-corrected chi connectivity index (χ1v) is 7.21. The number of methoxy groups -OCH3 is 1. The SMILES string of the molecule is COC1=CC(=O)c2c(nc(C)c3c4c([nH]c23)CCNC4)C1=O. The number of ether oxygens (including phenoxy) is 1. The van der Waals surface area contributed by atoms with Crippen LogP contribution in [0, 0.1) is 6.92 Å². The number of pyridine rings is 1. The van der Waals surface area contributed by atoms with Gasteiger partial charge in [-0.25, -0.2) is 4.98 Å². The minimum absolute atomic E-state index is 0.0433. The molecule has 0 fully saturated rings. The van der Waals surface area contributed by atoms with Gasteiger partial charge in [0.25, 0.3) is 0 Å². The van der Waals surface area contributed by atoms with Gasteiger partial charge in [0.15, 0.2) is 11.5 Å². The van der Waals surface area contributed by atoms with Gasteiger partial charge in [-0.3, -0.25) is 9.59 Å². The molecule has 0 saturated heterocycles. The van der Waals surface area contributed by atoms with Gasteiger partial charge in [-0.2, -0.15) is 0 Å². The van der Waals surface area contributed by atoms with Crippen LogP contribution in [0.15, 0.2) is 11.8 Å². The highest BCUT2D eigenvalue weighted by Crippen LogP contribution is 2.33. The maximum absolute atomic E-state index is 12.5. The van der Waals surface area contributed by atoms with Crippen molar-refractivity contribution in [1.82, 2.24) is 15.3 Å². The van der Waals surface area contributed by atoms with Crippen LogP contribution in [0.25, 0.3) is 10.9 Å². The molecule has 0 bridgehead atoms. The van der Waals surface area contributed by atoms with Crippen LogP contribution >= 0.6 is 0 Å². The highest BCUT2D eigenvalue weighted by molar-refractivity contribution is 6.27. The minimum Gasteiger partial charge on any atom is -0.492 e. The number of hydrogen-bond donors (Lipinski definition) is 2. The van der Waals surface area contributed by atoms with Crippen molar-refractivity contribution in [2.24, 2.45) is 0 Å². The van der Waals surface area contributed by atoms with Crippen LogP contribution in [0.5, 0.6) is 0 Å². The van der Waals surface area contributed by atoms with E-state index in [-0.39, 0.29) is 23.0 Å². The Morgan fingerprint density at radius 2 is 2.14 bits per heavy atom. The molecule has 0 saturated carbocycles. The molecule has 0 amide bonds. The van der Waals surface area contributed by atoms with E-state index in [2.05, 4.69) is 15.3 Å². The fourth-order valence-corrected chi connectivity index (χ4v) is 3.34. The number of allylic oxidation sites excluding steroid dienone is 2. The second-order valence-corrected chi connectivity index (χ2v) is 5.59. The Morgan fingerprint density at radius 1 is 1.32 bits per heavy atom. The van der Waals surface area contributed by atoms with E-state index in [9.17, 15) is 9.59 Å². The molecular formula is C16H15N3O3. The Kier molecular flexibility index (Phi) is 2.71. The first-order valence-electron chi connectivity index (χ1n) is 7.21. The van der Waals surface area contributed by atoms with E-state index in [1.807, 2.05) is 6.92 Å². The van der Waals surface area contributed by atoms with Gasteiger partial charge in [0.05, 0.1) is 18.2 Å². The molecule has 2 N–H and O–H groups in total. The molecule has 6 heteroatoms. The topological polar surface area (TPSA) is 84.1 Å². The quantitative estimate of drug-likeness (QED) is 0.832. The van der Waals surface area contributed by atoms with Crippen molar-refractivity contribution in [3.63, 3.8) is 0 Å². The molecule has 4 rings (SSSR count). The number of ketones is 2. The average Bonchev–Trinajstić information content (AvgIpc) is 2.90. The van der Waals surface area contributed by atoms with E-state index < -0.39 is 0 Å². The van der Waals surface area contributed by atoms with E-state index in [0.29, 0.717) is 5.56 Å². The van der Waals surface area contributed by atoms with Crippen LogP contribution in [0.3, 0.4) is 0 Å². The van der Waals surface area contributed by atoms with Crippen molar-refractivity contribution < 1.29 is 14.3 Å². The summed E-state index contributed by atoms with van der Waals surface area (Å²) in [6.45, 7) is 3.51. The number of rotatable bonds is 1. The zero-order valence-electron chi connectivity index (χ0n) is 12.4. The Balaban J connectivity index is 2.07. The third-order valence-corrected chi connectivity index (χ3v) is 4.34. The van der Waals surface area contributed by atoms with Gasteiger partial charge in [-0.1, -0.05) is 0 Å². The summed E-state index contributed by atoms with van der Waals surface area (Å²) in [5.74, 6) is -0.537. The molecule has 112 valence electrons. The fourth-order valence-electron chi connectivity index (χ4n) is 3.34. The molecule has 1 aliphatic carbocycles. The second kappa shape index (κ2) is 4.51. The molecule has 2 aromatic rings. The van der Waals surface area contributed by atoms with Crippen LogP contribution in [0.4, 0.5) is 0 Å². The molecule has 2 aromatic heterocycles. The Morgan fingerprint density at radius 3 is 2.91 bits per heavy atom. The molecule has 0 atom stereocenters. The van der Waals surface area contributed by atoms with Gasteiger partial charge in [0.2, 0.25) is 5.78 Å². The number of hydrogen-bond acceptors (Lipinski definition) is 5. The Bertz CT molecular complexity index is 877.